The fourth-order valence-corrected chi connectivity index (χ4v) is 2.19. The van der Waals surface area contributed by atoms with E-state index in [4.69, 9.17) is 0 Å². The highest BCUT2D eigenvalue weighted by molar-refractivity contribution is 5.94. The molecule has 0 unspecified atom stereocenters. The molecule has 1 aromatic rings. The highest BCUT2D eigenvalue weighted by Gasteiger charge is 2.19. The Bertz CT molecular complexity index is 459. The number of halogens is 2. The van der Waals surface area contributed by atoms with Crippen LogP contribution in [0.25, 0.3) is 0 Å². The van der Waals surface area contributed by atoms with Crippen LogP contribution in [0.5, 0.6) is 0 Å². The predicted molar refractivity (Wildman–Crippen MR) is 66.7 cm³/mol. The number of hydrogen-bond acceptors (Lipinski definition) is 3. The van der Waals surface area contributed by atoms with Crippen molar-refractivity contribution in [3.05, 3.63) is 29.6 Å². The van der Waals surface area contributed by atoms with E-state index in [-0.39, 0.29) is 5.56 Å². The first-order chi connectivity index (χ1) is 9.08. The summed E-state index contributed by atoms with van der Waals surface area (Å²) in [5.74, 6) is -2.62. The molecule has 1 amide bonds. The van der Waals surface area contributed by atoms with E-state index >= 15 is 0 Å². The lowest BCUT2D eigenvalue weighted by atomic mass is 9.97. The lowest BCUT2D eigenvalue weighted by Gasteiger charge is -2.28. The Labute approximate surface area is 110 Å². The maximum absolute atomic E-state index is 13.4. The van der Waals surface area contributed by atoms with Crippen LogP contribution in [0.2, 0.25) is 0 Å². The number of pyridine rings is 1. The maximum atomic E-state index is 13.4. The van der Waals surface area contributed by atoms with Gasteiger partial charge in [-0.2, -0.15) is 4.39 Å². The van der Waals surface area contributed by atoms with Crippen molar-refractivity contribution in [3.63, 3.8) is 0 Å². The molecule has 0 aliphatic carbocycles. The summed E-state index contributed by atoms with van der Waals surface area (Å²) in [6.07, 6.45) is 3.09. The third-order valence-electron chi connectivity index (χ3n) is 3.48. The van der Waals surface area contributed by atoms with Crippen LogP contribution in [0.4, 0.5) is 8.78 Å². The van der Waals surface area contributed by atoms with Crippen molar-refractivity contribution >= 4 is 5.91 Å². The van der Waals surface area contributed by atoms with Crippen molar-refractivity contribution in [2.45, 2.75) is 12.8 Å². The second kappa shape index (κ2) is 6.06. The lowest BCUT2D eigenvalue weighted by Crippen LogP contribution is -2.37. The van der Waals surface area contributed by atoms with Gasteiger partial charge in [-0.15, -0.1) is 0 Å². The van der Waals surface area contributed by atoms with Crippen LogP contribution >= 0.6 is 0 Å². The number of carbonyl (C=O) groups excluding carboxylic acids is 1. The molecule has 1 aromatic heterocycles. The van der Waals surface area contributed by atoms with E-state index in [9.17, 15) is 13.6 Å². The molecule has 0 spiro atoms. The molecular formula is C13H17F2N3O. The molecule has 19 heavy (non-hydrogen) atoms. The quantitative estimate of drug-likeness (QED) is 0.844. The number of carbonyl (C=O) groups is 1. The van der Waals surface area contributed by atoms with Gasteiger partial charge >= 0.3 is 0 Å². The minimum Gasteiger partial charge on any atom is -0.352 e. The Morgan fingerprint density at radius 1 is 1.47 bits per heavy atom. The maximum Gasteiger partial charge on any atom is 0.254 e. The van der Waals surface area contributed by atoms with E-state index < -0.39 is 17.7 Å². The van der Waals surface area contributed by atoms with Gasteiger partial charge in [-0.05, 0) is 45.0 Å². The molecule has 1 N–H and O–H groups in total. The van der Waals surface area contributed by atoms with Crippen LogP contribution in [0.15, 0.2) is 12.3 Å². The normalized spacial score (nSPS) is 17.4. The fourth-order valence-electron chi connectivity index (χ4n) is 2.19. The number of aromatic nitrogens is 1. The highest BCUT2D eigenvalue weighted by Crippen LogP contribution is 2.15. The molecule has 0 atom stereocenters. The first-order valence-electron chi connectivity index (χ1n) is 6.34. The van der Waals surface area contributed by atoms with Gasteiger partial charge in [0, 0.05) is 12.7 Å². The van der Waals surface area contributed by atoms with Gasteiger partial charge in [-0.3, -0.25) is 4.79 Å². The van der Waals surface area contributed by atoms with Crippen molar-refractivity contribution in [2.75, 3.05) is 26.7 Å². The van der Waals surface area contributed by atoms with Gasteiger partial charge in [0.05, 0.1) is 5.56 Å². The second-order valence-corrected chi connectivity index (χ2v) is 4.92. The number of rotatable bonds is 3. The predicted octanol–water partition coefficient (Wildman–Crippen LogP) is 1.43. The van der Waals surface area contributed by atoms with Crippen molar-refractivity contribution in [2.24, 2.45) is 5.92 Å². The van der Waals surface area contributed by atoms with Crippen LogP contribution in [0.3, 0.4) is 0 Å². The fraction of sp³-hybridized carbons (Fsp3) is 0.538. The molecule has 2 heterocycles. The van der Waals surface area contributed by atoms with Gasteiger partial charge in [-0.25, -0.2) is 9.37 Å². The van der Waals surface area contributed by atoms with Gasteiger partial charge in [0.25, 0.3) is 5.91 Å². The third-order valence-corrected chi connectivity index (χ3v) is 3.48. The zero-order valence-corrected chi connectivity index (χ0v) is 10.8. The topological polar surface area (TPSA) is 45.2 Å². The summed E-state index contributed by atoms with van der Waals surface area (Å²) in [7, 11) is 2.06. The molecular weight excluding hydrogens is 252 g/mol. The van der Waals surface area contributed by atoms with E-state index in [1.54, 1.807) is 0 Å². The first kappa shape index (κ1) is 13.9. The minimum atomic E-state index is -1.24. The van der Waals surface area contributed by atoms with Crippen molar-refractivity contribution in [1.29, 1.82) is 0 Å². The standard InChI is InChI=1S/C13H17F2N3O/c1-18-6-3-9(4-7-18)8-17-13(19)10-2-5-16-12(15)11(10)14/h2,5,9H,3-4,6-8H2,1H3,(H,17,19). The summed E-state index contributed by atoms with van der Waals surface area (Å²) in [5, 5.41) is 2.66. The third kappa shape index (κ3) is 3.47. The van der Waals surface area contributed by atoms with Crippen LogP contribution in [0, 0.1) is 17.7 Å². The number of hydrogen-bond donors (Lipinski definition) is 1. The lowest BCUT2D eigenvalue weighted by molar-refractivity contribution is 0.0933. The summed E-state index contributed by atoms with van der Waals surface area (Å²) < 4.78 is 26.3. The summed E-state index contributed by atoms with van der Waals surface area (Å²) in [4.78, 5) is 17.2. The molecule has 6 heteroatoms. The number of nitrogens with one attached hydrogen (secondary N) is 1. The van der Waals surface area contributed by atoms with Gasteiger partial charge in [0.2, 0.25) is 5.95 Å². The molecule has 0 bridgehead atoms. The number of piperidine rings is 1. The van der Waals surface area contributed by atoms with Crippen LogP contribution in [-0.4, -0.2) is 42.5 Å². The Morgan fingerprint density at radius 2 is 2.16 bits per heavy atom. The van der Waals surface area contributed by atoms with Crippen LogP contribution in [-0.2, 0) is 0 Å². The Morgan fingerprint density at radius 3 is 2.84 bits per heavy atom. The molecule has 104 valence electrons. The zero-order valence-electron chi connectivity index (χ0n) is 10.8. The number of likely N-dealkylation sites (tertiary alicyclic amines) is 1. The average molecular weight is 269 g/mol. The van der Waals surface area contributed by atoms with E-state index in [1.807, 2.05) is 0 Å². The van der Waals surface area contributed by atoms with E-state index in [0.29, 0.717) is 12.5 Å². The summed E-state index contributed by atoms with van der Waals surface area (Å²) >= 11 is 0. The SMILES string of the molecule is CN1CCC(CNC(=O)c2ccnc(F)c2F)CC1. The highest BCUT2D eigenvalue weighted by atomic mass is 19.2. The van der Waals surface area contributed by atoms with Crippen molar-refractivity contribution < 1.29 is 13.6 Å². The first-order valence-corrected chi connectivity index (χ1v) is 6.34. The molecule has 1 fully saturated rings. The summed E-state index contributed by atoms with van der Waals surface area (Å²) in [6, 6.07) is 1.18. The number of amides is 1. The summed E-state index contributed by atoms with van der Waals surface area (Å²) in [6.45, 7) is 2.49. The Balaban J connectivity index is 1.89. The molecule has 0 radical (unpaired) electrons. The van der Waals surface area contributed by atoms with Crippen molar-refractivity contribution in [3.8, 4) is 0 Å². The molecule has 1 saturated heterocycles. The largest absolute Gasteiger partial charge is 0.352 e. The molecule has 4 nitrogen and oxygen atoms in total. The Kier molecular flexibility index (Phi) is 4.42. The molecule has 1 aliphatic rings. The molecule has 2 rings (SSSR count). The zero-order chi connectivity index (χ0) is 13.8. The van der Waals surface area contributed by atoms with Gasteiger partial charge < -0.3 is 10.2 Å². The van der Waals surface area contributed by atoms with Gasteiger partial charge in [0.15, 0.2) is 5.82 Å². The van der Waals surface area contributed by atoms with E-state index in [0.717, 1.165) is 32.1 Å². The minimum absolute atomic E-state index is 0.291. The smallest absolute Gasteiger partial charge is 0.254 e. The van der Waals surface area contributed by atoms with Crippen LogP contribution < -0.4 is 5.32 Å². The van der Waals surface area contributed by atoms with Crippen LogP contribution in [0.1, 0.15) is 23.2 Å². The monoisotopic (exact) mass is 269 g/mol. The van der Waals surface area contributed by atoms with E-state index in [1.165, 1.54) is 6.07 Å². The molecule has 0 saturated carbocycles. The molecule has 1 aliphatic heterocycles. The number of nitrogens with zero attached hydrogens (tertiary/aromatic N) is 2. The average Bonchev–Trinajstić information content (AvgIpc) is 2.41. The van der Waals surface area contributed by atoms with Gasteiger partial charge in [0.1, 0.15) is 0 Å². The second-order valence-electron chi connectivity index (χ2n) is 4.92. The van der Waals surface area contributed by atoms with Gasteiger partial charge in [-0.1, -0.05) is 0 Å². The van der Waals surface area contributed by atoms with E-state index in [2.05, 4.69) is 22.2 Å². The Hall–Kier alpha value is -1.56. The molecule has 0 aromatic carbocycles. The van der Waals surface area contributed by atoms with Crippen molar-refractivity contribution in [1.82, 2.24) is 15.2 Å². The summed E-state index contributed by atoms with van der Waals surface area (Å²) in [5.41, 5.74) is -0.291.